The summed E-state index contributed by atoms with van der Waals surface area (Å²) in [5.41, 5.74) is 2.30. The third kappa shape index (κ3) is 2.69. The normalized spacial score (nSPS) is 10.5. The Balaban J connectivity index is 2.03. The van der Waals surface area contributed by atoms with E-state index in [-0.39, 0.29) is 0 Å². The number of aromatic amines is 1. The summed E-state index contributed by atoms with van der Waals surface area (Å²) in [7, 11) is 1.64. The van der Waals surface area contributed by atoms with Crippen LogP contribution in [0.5, 0.6) is 5.75 Å². The van der Waals surface area contributed by atoms with Crippen LogP contribution in [0.15, 0.2) is 35.6 Å². The predicted molar refractivity (Wildman–Crippen MR) is 83.2 cm³/mol. The van der Waals surface area contributed by atoms with Gasteiger partial charge in [-0.25, -0.2) is 15.0 Å². The van der Waals surface area contributed by atoms with Gasteiger partial charge in [-0.15, -0.1) is 18.2 Å². The largest absolute Gasteiger partial charge is 0.496 e. The predicted octanol–water partition coefficient (Wildman–Crippen LogP) is 2.75. The van der Waals surface area contributed by atoms with E-state index in [0.29, 0.717) is 17.2 Å². The van der Waals surface area contributed by atoms with E-state index in [0.717, 1.165) is 21.7 Å². The van der Waals surface area contributed by atoms with Crippen molar-refractivity contribution in [3.8, 4) is 29.5 Å². The Labute approximate surface area is 126 Å². The van der Waals surface area contributed by atoms with Gasteiger partial charge < -0.3 is 9.72 Å². The summed E-state index contributed by atoms with van der Waals surface area (Å²) in [6, 6.07) is 5.91. The number of imidazole rings is 1. The van der Waals surface area contributed by atoms with Crippen molar-refractivity contribution < 1.29 is 4.74 Å². The molecule has 0 aliphatic heterocycles. The molecule has 0 bridgehead atoms. The van der Waals surface area contributed by atoms with Gasteiger partial charge in [0.1, 0.15) is 23.4 Å². The lowest BCUT2D eigenvalue weighted by molar-refractivity contribution is 0.415. The number of fused-ring (bicyclic) bond motifs is 1. The number of hydrogen-bond acceptors (Lipinski definition) is 5. The average Bonchev–Trinajstić information content (AvgIpc) is 2.96. The Morgan fingerprint density at radius 1 is 1.43 bits per heavy atom. The number of hydrogen-bond donors (Lipinski definition) is 1. The van der Waals surface area contributed by atoms with Crippen LogP contribution in [0.4, 0.5) is 0 Å². The zero-order chi connectivity index (χ0) is 14.7. The molecule has 0 radical (unpaired) electrons. The van der Waals surface area contributed by atoms with Crippen molar-refractivity contribution in [1.82, 2.24) is 19.9 Å². The van der Waals surface area contributed by atoms with Crippen LogP contribution in [-0.4, -0.2) is 32.8 Å². The second kappa shape index (κ2) is 5.85. The van der Waals surface area contributed by atoms with Crippen LogP contribution >= 0.6 is 11.8 Å². The number of nitrogens with zero attached hydrogens (tertiary/aromatic N) is 3. The summed E-state index contributed by atoms with van der Waals surface area (Å²) in [5.74, 6) is 4.68. The fraction of sp³-hybridized carbons (Fsp3) is 0.133. The third-order valence-corrected chi connectivity index (χ3v) is 3.81. The van der Waals surface area contributed by atoms with Gasteiger partial charge >= 0.3 is 0 Å². The summed E-state index contributed by atoms with van der Waals surface area (Å²) in [5, 5.41) is 0. The van der Waals surface area contributed by atoms with Crippen molar-refractivity contribution in [2.75, 3.05) is 12.9 Å². The van der Waals surface area contributed by atoms with Crippen LogP contribution in [0.3, 0.4) is 0 Å². The minimum atomic E-state index is 0.628. The first-order valence-electron chi connectivity index (χ1n) is 6.22. The number of thioether (sulfide) groups is 1. The third-order valence-electron chi connectivity index (χ3n) is 2.91. The summed E-state index contributed by atoms with van der Waals surface area (Å²) < 4.78 is 5.46. The van der Waals surface area contributed by atoms with Crippen LogP contribution in [0.2, 0.25) is 0 Å². The highest BCUT2D eigenvalue weighted by atomic mass is 32.2. The van der Waals surface area contributed by atoms with Crippen molar-refractivity contribution in [3.63, 3.8) is 0 Å². The second-order valence-electron chi connectivity index (χ2n) is 4.20. The molecule has 3 aromatic rings. The van der Waals surface area contributed by atoms with Gasteiger partial charge in [-0.3, -0.25) is 0 Å². The Hall–Kier alpha value is -2.52. The maximum Gasteiger partial charge on any atom is 0.181 e. The lowest BCUT2D eigenvalue weighted by Gasteiger charge is -2.08. The van der Waals surface area contributed by atoms with Crippen LogP contribution < -0.4 is 4.74 Å². The first kappa shape index (κ1) is 13.5. The average molecular weight is 296 g/mol. The molecule has 2 heterocycles. The topological polar surface area (TPSA) is 63.7 Å². The van der Waals surface area contributed by atoms with Gasteiger partial charge in [0, 0.05) is 4.90 Å². The van der Waals surface area contributed by atoms with Crippen molar-refractivity contribution >= 4 is 22.9 Å². The van der Waals surface area contributed by atoms with Gasteiger partial charge in [-0.1, -0.05) is 5.92 Å². The molecule has 0 aliphatic carbocycles. The SMILES string of the molecule is C#CCSc1ccc(-c2nc3ncncc3[nH]2)c(OC)c1. The molecule has 0 amide bonds. The molecule has 104 valence electrons. The molecule has 0 fully saturated rings. The van der Waals surface area contributed by atoms with Crippen LogP contribution in [0.1, 0.15) is 0 Å². The quantitative estimate of drug-likeness (QED) is 0.592. The van der Waals surface area contributed by atoms with Crippen molar-refractivity contribution in [2.24, 2.45) is 0 Å². The second-order valence-corrected chi connectivity index (χ2v) is 5.25. The molecule has 0 spiro atoms. The smallest absolute Gasteiger partial charge is 0.181 e. The molecule has 1 aromatic carbocycles. The Kier molecular flexibility index (Phi) is 3.75. The number of rotatable bonds is 4. The minimum absolute atomic E-state index is 0.628. The van der Waals surface area contributed by atoms with Gasteiger partial charge in [0.05, 0.1) is 24.6 Å². The van der Waals surface area contributed by atoms with Crippen molar-refractivity contribution in [1.29, 1.82) is 0 Å². The van der Waals surface area contributed by atoms with E-state index in [9.17, 15) is 0 Å². The van der Waals surface area contributed by atoms with Gasteiger partial charge in [0.2, 0.25) is 0 Å². The molecule has 6 heteroatoms. The van der Waals surface area contributed by atoms with E-state index in [1.54, 1.807) is 25.1 Å². The lowest BCUT2D eigenvalue weighted by Crippen LogP contribution is -1.90. The monoisotopic (exact) mass is 296 g/mol. The Morgan fingerprint density at radius 3 is 3.10 bits per heavy atom. The number of H-pyrrole nitrogens is 1. The zero-order valence-electron chi connectivity index (χ0n) is 11.3. The molecule has 1 N–H and O–H groups in total. The fourth-order valence-electron chi connectivity index (χ4n) is 1.97. The number of terminal acetylenes is 1. The number of ether oxygens (including phenoxy) is 1. The van der Waals surface area contributed by atoms with E-state index >= 15 is 0 Å². The Bertz CT molecular complexity index is 789. The molecule has 0 aliphatic rings. The Morgan fingerprint density at radius 2 is 2.33 bits per heavy atom. The minimum Gasteiger partial charge on any atom is -0.496 e. The highest BCUT2D eigenvalue weighted by Gasteiger charge is 2.12. The fourth-order valence-corrected chi connectivity index (χ4v) is 2.58. The number of methoxy groups -OCH3 is 1. The lowest BCUT2D eigenvalue weighted by atomic mass is 10.2. The maximum absolute atomic E-state index is 5.46. The van der Waals surface area contributed by atoms with Gasteiger partial charge in [0.25, 0.3) is 0 Å². The van der Waals surface area contributed by atoms with E-state index in [4.69, 9.17) is 11.2 Å². The molecular weight excluding hydrogens is 284 g/mol. The van der Waals surface area contributed by atoms with Crippen LogP contribution in [0.25, 0.3) is 22.6 Å². The molecule has 0 atom stereocenters. The molecule has 5 nitrogen and oxygen atoms in total. The van der Waals surface area contributed by atoms with E-state index in [2.05, 4.69) is 25.9 Å². The molecule has 0 saturated heterocycles. The van der Waals surface area contributed by atoms with E-state index < -0.39 is 0 Å². The molecule has 3 rings (SSSR count). The summed E-state index contributed by atoms with van der Waals surface area (Å²) in [6.45, 7) is 0. The zero-order valence-corrected chi connectivity index (χ0v) is 12.1. The first-order valence-corrected chi connectivity index (χ1v) is 7.21. The first-order chi connectivity index (χ1) is 10.3. The van der Waals surface area contributed by atoms with Crippen LogP contribution in [0, 0.1) is 12.3 Å². The van der Waals surface area contributed by atoms with Crippen molar-refractivity contribution in [3.05, 3.63) is 30.7 Å². The van der Waals surface area contributed by atoms with Gasteiger partial charge in [0.15, 0.2) is 5.65 Å². The summed E-state index contributed by atoms with van der Waals surface area (Å²) >= 11 is 1.59. The van der Waals surface area contributed by atoms with E-state index in [1.165, 1.54) is 6.33 Å². The number of aromatic nitrogens is 4. The number of nitrogens with one attached hydrogen (secondary N) is 1. The van der Waals surface area contributed by atoms with Crippen molar-refractivity contribution in [2.45, 2.75) is 4.90 Å². The highest BCUT2D eigenvalue weighted by molar-refractivity contribution is 7.99. The highest BCUT2D eigenvalue weighted by Crippen LogP contribution is 2.32. The van der Waals surface area contributed by atoms with Crippen LogP contribution in [-0.2, 0) is 0 Å². The molecular formula is C15H12N4OS. The number of benzene rings is 1. The summed E-state index contributed by atoms with van der Waals surface area (Å²) in [4.78, 5) is 16.8. The molecule has 2 aromatic heterocycles. The molecule has 0 unspecified atom stereocenters. The van der Waals surface area contributed by atoms with Gasteiger partial charge in [-0.05, 0) is 18.2 Å². The van der Waals surface area contributed by atoms with E-state index in [1.807, 2.05) is 18.2 Å². The maximum atomic E-state index is 5.46. The van der Waals surface area contributed by atoms with Gasteiger partial charge in [-0.2, -0.15) is 0 Å². The molecule has 0 saturated carbocycles. The molecule has 21 heavy (non-hydrogen) atoms. The summed E-state index contributed by atoms with van der Waals surface area (Å²) in [6.07, 6.45) is 8.45. The standard InChI is InChI=1S/C15H12N4OS/c1-3-6-21-10-4-5-11(13(7-10)20-2)14-18-12-8-16-9-17-15(12)19-14/h1,4-5,7-9H,6H2,2H3,(H,16,17,18,19).